The highest BCUT2D eigenvalue weighted by molar-refractivity contribution is 6.16. The van der Waals surface area contributed by atoms with E-state index in [9.17, 15) is 0 Å². The largest absolute Gasteiger partial charge is 0.228 e. The zero-order valence-electron chi connectivity index (χ0n) is 34.3. The molecule has 1 heterocycles. The molecule has 0 fully saturated rings. The Balaban J connectivity index is 0.995. The van der Waals surface area contributed by atoms with E-state index in [0.29, 0.717) is 5.82 Å². The van der Waals surface area contributed by atoms with Crippen molar-refractivity contribution in [2.75, 3.05) is 0 Å². The molecule has 1 spiro atoms. The zero-order valence-corrected chi connectivity index (χ0v) is 34.3. The van der Waals surface area contributed by atoms with E-state index in [4.69, 9.17) is 9.97 Å². The molecule has 13 rings (SSSR count). The van der Waals surface area contributed by atoms with Crippen LogP contribution in [0.5, 0.6) is 0 Å². The van der Waals surface area contributed by atoms with E-state index in [1.165, 1.54) is 88.3 Å². The number of benzene rings is 10. The van der Waals surface area contributed by atoms with Crippen LogP contribution in [-0.4, -0.2) is 9.97 Å². The van der Waals surface area contributed by atoms with Gasteiger partial charge in [-0.2, -0.15) is 0 Å². The smallest absolute Gasteiger partial charge is 0.160 e. The van der Waals surface area contributed by atoms with Gasteiger partial charge >= 0.3 is 0 Å². The molecule has 10 aromatic carbocycles. The fourth-order valence-corrected chi connectivity index (χ4v) is 10.7. The Hall–Kier alpha value is -8.20. The van der Waals surface area contributed by atoms with Crippen LogP contribution in [0.25, 0.3) is 100.0 Å². The van der Waals surface area contributed by atoms with Crippen LogP contribution in [0.3, 0.4) is 0 Å². The monoisotopic (exact) mass is 798 g/mol. The molecule has 292 valence electrons. The molecule has 0 amide bonds. The molecule has 2 heteroatoms. The van der Waals surface area contributed by atoms with Gasteiger partial charge in [0, 0.05) is 16.7 Å². The van der Waals surface area contributed by atoms with Crippen LogP contribution in [0.1, 0.15) is 22.3 Å². The van der Waals surface area contributed by atoms with Crippen molar-refractivity contribution in [2.45, 2.75) is 5.41 Å². The van der Waals surface area contributed by atoms with Crippen LogP contribution in [0, 0.1) is 0 Å². The van der Waals surface area contributed by atoms with E-state index in [1.807, 2.05) is 18.2 Å². The molecule has 0 saturated heterocycles. The molecule has 0 N–H and O–H groups in total. The molecular formula is C61H38N2. The van der Waals surface area contributed by atoms with Crippen LogP contribution in [0.4, 0.5) is 0 Å². The summed E-state index contributed by atoms with van der Waals surface area (Å²) in [5, 5.41) is 5.07. The van der Waals surface area contributed by atoms with Crippen LogP contribution < -0.4 is 0 Å². The topological polar surface area (TPSA) is 25.8 Å². The molecule has 0 aliphatic heterocycles. The average Bonchev–Trinajstić information content (AvgIpc) is 3.84. The average molecular weight is 799 g/mol. The van der Waals surface area contributed by atoms with Gasteiger partial charge in [-0.1, -0.05) is 218 Å². The van der Waals surface area contributed by atoms with E-state index in [1.54, 1.807) is 0 Å². The molecule has 1 aromatic heterocycles. The number of rotatable bonds is 5. The predicted molar refractivity (Wildman–Crippen MR) is 261 cm³/mol. The molecule has 11 aromatic rings. The minimum Gasteiger partial charge on any atom is -0.228 e. The number of nitrogens with zero attached hydrogens (tertiary/aromatic N) is 2. The van der Waals surface area contributed by atoms with Gasteiger partial charge < -0.3 is 0 Å². The SMILES string of the molecule is c1ccc(-c2ccc(-c3cc(-c4ccc(-c5cc6c(c7ccccc57)-c5c(ccc7ccccc57)C65c6ccccc6-c6ccccc65)cc4)nc(-c4ccccc4)n3)cc2)cc1. The standard InChI is InChI=1S/C61H38N2/c1-3-15-39(16-4-1)40-27-31-43(32-28-40)56-38-57(63-60(62-56)45-18-5-2-6-19-45)44-33-29-42(30-34-44)51-37-55-59(50-24-10-9-21-47(50)51)58-46-20-8-7-17-41(46)35-36-54(58)61(55)52-25-13-11-22-48(52)49-23-12-14-26-53(49)61/h1-38H. The van der Waals surface area contributed by atoms with Crippen molar-refractivity contribution in [3.8, 4) is 78.4 Å². The quantitative estimate of drug-likeness (QED) is 0.173. The van der Waals surface area contributed by atoms with Crippen molar-refractivity contribution in [3.63, 3.8) is 0 Å². The van der Waals surface area contributed by atoms with Crippen molar-refractivity contribution < 1.29 is 0 Å². The van der Waals surface area contributed by atoms with Crippen LogP contribution in [-0.2, 0) is 5.41 Å². The van der Waals surface area contributed by atoms with Gasteiger partial charge in [0.25, 0.3) is 0 Å². The van der Waals surface area contributed by atoms with Gasteiger partial charge in [-0.15, -0.1) is 0 Å². The lowest BCUT2D eigenvalue weighted by Gasteiger charge is -2.31. The highest BCUT2D eigenvalue weighted by Gasteiger charge is 2.52. The van der Waals surface area contributed by atoms with Crippen molar-refractivity contribution in [3.05, 3.63) is 253 Å². The van der Waals surface area contributed by atoms with Crippen molar-refractivity contribution in [2.24, 2.45) is 0 Å². The Labute approximate surface area is 366 Å². The van der Waals surface area contributed by atoms with E-state index in [-0.39, 0.29) is 0 Å². The summed E-state index contributed by atoms with van der Waals surface area (Å²) < 4.78 is 0. The summed E-state index contributed by atoms with van der Waals surface area (Å²) in [4.78, 5) is 10.3. The first-order valence-electron chi connectivity index (χ1n) is 21.7. The van der Waals surface area contributed by atoms with Crippen LogP contribution in [0.2, 0.25) is 0 Å². The Morgan fingerprint density at radius 1 is 0.270 bits per heavy atom. The van der Waals surface area contributed by atoms with Gasteiger partial charge in [0.05, 0.1) is 16.8 Å². The van der Waals surface area contributed by atoms with Crippen molar-refractivity contribution in [1.82, 2.24) is 9.97 Å². The molecule has 0 bridgehead atoms. The summed E-state index contributed by atoms with van der Waals surface area (Å²) in [6.07, 6.45) is 0. The number of fused-ring (bicyclic) bond motifs is 14. The normalized spacial score (nSPS) is 12.9. The third-order valence-electron chi connectivity index (χ3n) is 13.5. The lowest BCUT2D eigenvalue weighted by Crippen LogP contribution is -2.26. The third kappa shape index (κ3) is 5.32. The van der Waals surface area contributed by atoms with Crippen molar-refractivity contribution >= 4 is 21.5 Å². The van der Waals surface area contributed by atoms with E-state index < -0.39 is 5.41 Å². The van der Waals surface area contributed by atoms with Crippen LogP contribution in [0.15, 0.2) is 231 Å². The first-order valence-corrected chi connectivity index (χ1v) is 21.7. The van der Waals surface area contributed by atoms with Gasteiger partial charge in [-0.3, -0.25) is 0 Å². The summed E-state index contributed by atoms with van der Waals surface area (Å²) in [5.74, 6) is 0.707. The number of hydrogen-bond donors (Lipinski definition) is 0. The number of aromatic nitrogens is 2. The van der Waals surface area contributed by atoms with E-state index >= 15 is 0 Å². The maximum Gasteiger partial charge on any atom is 0.160 e. The Morgan fingerprint density at radius 3 is 1.40 bits per heavy atom. The van der Waals surface area contributed by atoms with Gasteiger partial charge in [-0.05, 0) is 100 Å². The molecular weight excluding hydrogens is 761 g/mol. The minimum absolute atomic E-state index is 0.467. The fraction of sp³-hybridized carbons (Fsp3) is 0.0164. The highest BCUT2D eigenvalue weighted by atomic mass is 14.9. The van der Waals surface area contributed by atoms with Crippen LogP contribution >= 0.6 is 0 Å². The molecule has 0 radical (unpaired) electrons. The predicted octanol–water partition coefficient (Wildman–Crippen LogP) is 15.5. The lowest BCUT2D eigenvalue weighted by atomic mass is 9.70. The summed E-state index contributed by atoms with van der Waals surface area (Å²) >= 11 is 0. The summed E-state index contributed by atoms with van der Waals surface area (Å²) in [7, 11) is 0. The van der Waals surface area contributed by atoms with Crippen molar-refractivity contribution in [1.29, 1.82) is 0 Å². The summed E-state index contributed by atoms with van der Waals surface area (Å²) in [6.45, 7) is 0. The summed E-state index contributed by atoms with van der Waals surface area (Å²) in [5.41, 5.74) is 19.8. The maximum absolute atomic E-state index is 5.19. The molecule has 2 aliphatic rings. The van der Waals surface area contributed by atoms with Gasteiger partial charge in [0.15, 0.2) is 5.82 Å². The molecule has 2 aliphatic carbocycles. The molecule has 0 saturated carbocycles. The lowest BCUT2D eigenvalue weighted by molar-refractivity contribution is 0.795. The Kier molecular flexibility index (Phi) is 7.85. The van der Waals surface area contributed by atoms with Gasteiger partial charge in [-0.25, -0.2) is 9.97 Å². The van der Waals surface area contributed by atoms with E-state index in [0.717, 1.165) is 28.1 Å². The Morgan fingerprint density at radius 2 is 0.746 bits per heavy atom. The second kappa shape index (κ2) is 13.9. The third-order valence-corrected chi connectivity index (χ3v) is 13.5. The highest BCUT2D eigenvalue weighted by Crippen LogP contribution is 2.65. The maximum atomic E-state index is 5.19. The zero-order chi connectivity index (χ0) is 41.5. The number of hydrogen-bond acceptors (Lipinski definition) is 2. The van der Waals surface area contributed by atoms with Gasteiger partial charge in [0.2, 0.25) is 0 Å². The molecule has 63 heavy (non-hydrogen) atoms. The molecule has 0 unspecified atom stereocenters. The molecule has 0 atom stereocenters. The Bertz CT molecular complexity index is 3540. The van der Waals surface area contributed by atoms with Gasteiger partial charge in [0.1, 0.15) is 0 Å². The molecule has 2 nitrogen and oxygen atoms in total. The second-order valence-corrected chi connectivity index (χ2v) is 16.8. The minimum atomic E-state index is -0.467. The van der Waals surface area contributed by atoms with E-state index in [2.05, 4.69) is 212 Å². The fourth-order valence-electron chi connectivity index (χ4n) is 10.7. The second-order valence-electron chi connectivity index (χ2n) is 16.8. The summed E-state index contributed by atoms with van der Waals surface area (Å²) in [6, 6.07) is 84.0. The first-order chi connectivity index (χ1) is 31.2. The first kappa shape index (κ1) is 35.5.